The Morgan fingerprint density at radius 3 is 2.60 bits per heavy atom. The molecule has 0 unspecified atom stereocenters. The van der Waals surface area contributed by atoms with Gasteiger partial charge in [0.15, 0.2) is 0 Å². The number of ether oxygens (including phenoxy) is 2. The van der Waals surface area contributed by atoms with Crippen LogP contribution in [0, 0.1) is 5.82 Å². The zero-order valence-electron chi connectivity index (χ0n) is 11.0. The molecule has 20 heavy (non-hydrogen) atoms. The second kappa shape index (κ2) is 6.67. The maximum atomic E-state index is 13.5. The Morgan fingerprint density at radius 1 is 1.25 bits per heavy atom. The molecule has 1 aromatic carbocycles. The first-order chi connectivity index (χ1) is 9.72. The molecule has 6 nitrogen and oxygen atoms in total. The molecule has 106 valence electrons. The van der Waals surface area contributed by atoms with Crippen LogP contribution in [0.4, 0.5) is 10.3 Å². The molecule has 7 heteroatoms. The van der Waals surface area contributed by atoms with E-state index >= 15 is 0 Å². The van der Waals surface area contributed by atoms with Crippen molar-refractivity contribution in [1.82, 2.24) is 9.97 Å². The van der Waals surface area contributed by atoms with Crippen LogP contribution in [0.3, 0.4) is 0 Å². The molecular formula is C13H15FN4O2. The molecule has 0 amide bonds. The fraction of sp³-hybridized carbons (Fsp3) is 0.231. The molecule has 0 bridgehead atoms. The van der Waals surface area contributed by atoms with Crippen LogP contribution in [0.25, 0.3) is 0 Å². The number of rotatable bonds is 6. The zero-order chi connectivity index (χ0) is 14.4. The van der Waals surface area contributed by atoms with Crippen molar-refractivity contribution >= 4 is 5.95 Å². The van der Waals surface area contributed by atoms with Gasteiger partial charge in [0.1, 0.15) is 11.5 Å². The Hall–Kier alpha value is -2.41. The van der Waals surface area contributed by atoms with Crippen molar-refractivity contribution in [3.05, 3.63) is 36.3 Å². The van der Waals surface area contributed by atoms with Crippen LogP contribution in [-0.2, 0) is 0 Å². The first-order valence-corrected chi connectivity index (χ1v) is 6.12. The summed E-state index contributed by atoms with van der Waals surface area (Å²) in [4.78, 5) is 7.41. The smallest absolute Gasteiger partial charge is 0.260 e. The van der Waals surface area contributed by atoms with Gasteiger partial charge in [-0.1, -0.05) is 6.92 Å². The summed E-state index contributed by atoms with van der Waals surface area (Å²) in [6, 6.07) is 6.82. The Kier molecular flexibility index (Phi) is 4.67. The molecule has 2 rings (SSSR count). The fourth-order valence-electron chi connectivity index (χ4n) is 1.43. The summed E-state index contributed by atoms with van der Waals surface area (Å²) in [5.74, 6) is 5.53. The standard InChI is InChI=1S/C13H15FN4O2/c1-2-7-19-9-3-5-10(6-4-9)20-12-11(14)8-16-13(17-12)18-15/h3-6,8H,2,7,15H2,1H3,(H,16,17,18). The number of benzene rings is 1. The molecule has 0 aliphatic carbocycles. The topological polar surface area (TPSA) is 82.3 Å². The summed E-state index contributed by atoms with van der Waals surface area (Å²) in [6.07, 6.45) is 1.91. The average Bonchev–Trinajstić information content (AvgIpc) is 2.49. The van der Waals surface area contributed by atoms with Gasteiger partial charge in [-0.3, -0.25) is 5.43 Å². The summed E-state index contributed by atoms with van der Waals surface area (Å²) in [5.41, 5.74) is 2.22. The predicted octanol–water partition coefficient (Wildman–Crippen LogP) is 2.48. The highest BCUT2D eigenvalue weighted by Crippen LogP contribution is 2.24. The van der Waals surface area contributed by atoms with Gasteiger partial charge in [-0.25, -0.2) is 10.8 Å². The van der Waals surface area contributed by atoms with Crippen molar-refractivity contribution in [3.8, 4) is 17.4 Å². The van der Waals surface area contributed by atoms with Gasteiger partial charge in [0.05, 0.1) is 12.8 Å². The monoisotopic (exact) mass is 278 g/mol. The van der Waals surface area contributed by atoms with E-state index in [9.17, 15) is 4.39 Å². The number of hydrogen-bond donors (Lipinski definition) is 2. The van der Waals surface area contributed by atoms with E-state index in [2.05, 4.69) is 15.4 Å². The quantitative estimate of drug-likeness (QED) is 0.624. The molecule has 3 N–H and O–H groups in total. The molecule has 1 aromatic heterocycles. The summed E-state index contributed by atoms with van der Waals surface area (Å²) in [7, 11) is 0. The SMILES string of the molecule is CCCOc1ccc(Oc2nc(NN)ncc2F)cc1. The molecule has 0 radical (unpaired) electrons. The lowest BCUT2D eigenvalue weighted by Crippen LogP contribution is -2.11. The van der Waals surface area contributed by atoms with Crippen molar-refractivity contribution in [2.75, 3.05) is 12.0 Å². The van der Waals surface area contributed by atoms with Crippen LogP contribution in [0.1, 0.15) is 13.3 Å². The molecule has 0 saturated heterocycles. The largest absolute Gasteiger partial charge is 0.494 e. The molecule has 0 saturated carbocycles. The Balaban J connectivity index is 2.09. The number of nitrogen functional groups attached to an aromatic ring is 1. The second-order valence-electron chi connectivity index (χ2n) is 3.91. The van der Waals surface area contributed by atoms with Gasteiger partial charge in [0.25, 0.3) is 5.88 Å². The highest BCUT2D eigenvalue weighted by Gasteiger charge is 2.09. The number of hydrogen-bond acceptors (Lipinski definition) is 6. The fourth-order valence-corrected chi connectivity index (χ4v) is 1.43. The van der Waals surface area contributed by atoms with E-state index in [0.29, 0.717) is 12.4 Å². The van der Waals surface area contributed by atoms with Crippen molar-refractivity contribution in [2.24, 2.45) is 5.84 Å². The lowest BCUT2D eigenvalue weighted by Gasteiger charge is -2.08. The van der Waals surface area contributed by atoms with Crippen molar-refractivity contribution in [3.63, 3.8) is 0 Å². The Labute approximate surface area is 115 Å². The Bertz CT molecular complexity index is 563. The molecule has 0 atom stereocenters. The molecule has 0 aliphatic rings. The molecule has 2 aromatic rings. The second-order valence-corrected chi connectivity index (χ2v) is 3.91. The van der Waals surface area contributed by atoms with Crippen molar-refractivity contribution < 1.29 is 13.9 Å². The lowest BCUT2D eigenvalue weighted by molar-refractivity contribution is 0.317. The first-order valence-electron chi connectivity index (χ1n) is 6.12. The summed E-state index contributed by atoms with van der Waals surface area (Å²) >= 11 is 0. The van der Waals surface area contributed by atoms with Crippen LogP contribution < -0.4 is 20.7 Å². The molecular weight excluding hydrogens is 263 g/mol. The first kappa shape index (κ1) is 14.0. The molecule has 0 spiro atoms. The van der Waals surface area contributed by atoms with E-state index in [-0.39, 0.29) is 11.8 Å². The van der Waals surface area contributed by atoms with Gasteiger partial charge in [-0.2, -0.15) is 9.37 Å². The van der Waals surface area contributed by atoms with Gasteiger partial charge < -0.3 is 9.47 Å². The molecule has 0 aliphatic heterocycles. The number of aromatic nitrogens is 2. The van der Waals surface area contributed by atoms with Gasteiger partial charge >= 0.3 is 0 Å². The number of nitrogens with two attached hydrogens (primary N) is 1. The van der Waals surface area contributed by atoms with Gasteiger partial charge in [0, 0.05) is 0 Å². The number of anilines is 1. The summed E-state index contributed by atoms with van der Waals surface area (Å²) in [6.45, 7) is 2.67. The van der Waals surface area contributed by atoms with Crippen LogP contribution in [0.2, 0.25) is 0 Å². The minimum atomic E-state index is -0.671. The number of halogens is 1. The predicted molar refractivity (Wildman–Crippen MR) is 72.1 cm³/mol. The van der Waals surface area contributed by atoms with E-state index in [1.165, 1.54) is 0 Å². The third-order valence-electron chi connectivity index (χ3n) is 2.35. The van der Waals surface area contributed by atoms with Crippen LogP contribution in [-0.4, -0.2) is 16.6 Å². The minimum absolute atomic E-state index is 0.0734. The number of hydrazine groups is 1. The highest BCUT2D eigenvalue weighted by atomic mass is 19.1. The van der Waals surface area contributed by atoms with Crippen LogP contribution >= 0.6 is 0 Å². The lowest BCUT2D eigenvalue weighted by atomic mass is 10.3. The van der Waals surface area contributed by atoms with Crippen molar-refractivity contribution in [1.29, 1.82) is 0 Å². The normalized spacial score (nSPS) is 10.2. The number of nitrogens with one attached hydrogen (secondary N) is 1. The van der Waals surface area contributed by atoms with E-state index in [1.54, 1.807) is 24.3 Å². The zero-order valence-corrected chi connectivity index (χ0v) is 11.0. The third kappa shape index (κ3) is 3.55. The van der Waals surface area contributed by atoms with Gasteiger partial charge in [-0.15, -0.1) is 0 Å². The van der Waals surface area contributed by atoms with Crippen molar-refractivity contribution in [2.45, 2.75) is 13.3 Å². The van der Waals surface area contributed by atoms with Crippen LogP contribution in [0.15, 0.2) is 30.5 Å². The van der Waals surface area contributed by atoms with Crippen LogP contribution in [0.5, 0.6) is 17.4 Å². The molecule has 0 fully saturated rings. The van der Waals surface area contributed by atoms with E-state index in [1.807, 2.05) is 6.92 Å². The van der Waals surface area contributed by atoms with Gasteiger partial charge in [-0.05, 0) is 30.7 Å². The van der Waals surface area contributed by atoms with E-state index in [4.69, 9.17) is 15.3 Å². The Morgan fingerprint density at radius 2 is 1.95 bits per heavy atom. The maximum absolute atomic E-state index is 13.5. The third-order valence-corrected chi connectivity index (χ3v) is 2.35. The minimum Gasteiger partial charge on any atom is -0.494 e. The van der Waals surface area contributed by atoms with Gasteiger partial charge in [0.2, 0.25) is 11.8 Å². The maximum Gasteiger partial charge on any atom is 0.260 e. The molecule has 1 heterocycles. The summed E-state index contributed by atoms with van der Waals surface area (Å²) < 4.78 is 24.3. The highest BCUT2D eigenvalue weighted by molar-refractivity contribution is 5.35. The van der Waals surface area contributed by atoms with E-state index in [0.717, 1.165) is 18.4 Å². The number of nitrogens with zero attached hydrogens (tertiary/aromatic N) is 2. The van der Waals surface area contributed by atoms with E-state index < -0.39 is 5.82 Å². The average molecular weight is 278 g/mol. The summed E-state index contributed by atoms with van der Waals surface area (Å²) in [5, 5.41) is 0.